The van der Waals surface area contributed by atoms with Crippen molar-refractivity contribution in [1.29, 1.82) is 0 Å². The molecular weight excluding hydrogens is 446 g/mol. The molecule has 3 heterocycles. The highest BCUT2D eigenvalue weighted by Gasteiger charge is 2.36. The van der Waals surface area contributed by atoms with Gasteiger partial charge in [-0.25, -0.2) is 9.97 Å². The molecule has 1 unspecified atom stereocenters. The Bertz CT molecular complexity index is 1280. The molecule has 1 saturated carbocycles. The van der Waals surface area contributed by atoms with Crippen molar-refractivity contribution in [1.82, 2.24) is 25.0 Å². The molecule has 0 saturated heterocycles. The van der Waals surface area contributed by atoms with Crippen molar-refractivity contribution in [3.8, 4) is 5.69 Å². The molecule has 1 aromatic carbocycles. The molecule has 1 atom stereocenters. The number of nitrogens with zero attached hydrogens (tertiary/aromatic N) is 5. The Morgan fingerprint density at radius 3 is 2.75 bits per heavy atom. The fourth-order valence-corrected chi connectivity index (χ4v) is 5.16. The van der Waals surface area contributed by atoms with Gasteiger partial charge in [0.25, 0.3) is 0 Å². The maximum Gasteiger partial charge on any atom is 0.143 e. The molecule has 0 amide bonds. The Hall–Kier alpha value is -2.68. The number of thiazole rings is 1. The topological polar surface area (TPSA) is 82.8 Å². The fraction of sp³-hybridized carbons (Fsp3) is 0.348. The molecule has 5 rings (SSSR count). The van der Waals surface area contributed by atoms with E-state index in [4.69, 9.17) is 21.3 Å². The van der Waals surface area contributed by atoms with Gasteiger partial charge in [0, 0.05) is 31.7 Å². The van der Waals surface area contributed by atoms with Gasteiger partial charge in [0.2, 0.25) is 0 Å². The normalized spacial score (nSPS) is 14.7. The molecule has 1 aliphatic rings. The van der Waals surface area contributed by atoms with E-state index in [1.807, 2.05) is 25.3 Å². The zero-order chi connectivity index (χ0) is 22.2. The Morgan fingerprint density at radius 1 is 1.28 bits per heavy atom. The lowest BCUT2D eigenvalue weighted by molar-refractivity contribution is -0.117. The Labute approximate surface area is 194 Å². The van der Waals surface area contributed by atoms with Crippen molar-refractivity contribution in [3.05, 3.63) is 63.5 Å². The van der Waals surface area contributed by atoms with E-state index >= 15 is 0 Å². The van der Waals surface area contributed by atoms with Crippen LogP contribution in [-0.4, -0.2) is 37.9 Å². The molecule has 0 spiro atoms. The number of ether oxygens (including phenoxy) is 1. The lowest BCUT2D eigenvalue weighted by Crippen LogP contribution is -2.14. The van der Waals surface area contributed by atoms with Crippen LogP contribution in [0, 0.1) is 12.8 Å². The van der Waals surface area contributed by atoms with Crippen molar-refractivity contribution in [3.63, 3.8) is 0 Å². The van der Waals surface area contributed by atoms with Gasteiger partial charge in [-0.1, -0.05) is 29.0 Å². The number of hydrogen-bond donors (Lipinski definition) is 0. The third-order valence-corrected chi connectivity index (χ3v) is 6.86. The maximum atomic E-state index is 13.0. The molecule has 0 radical (unpaired) electrons. The third kappa shape index (κ3) is 4.18. The summed E-state index contributed by atoms with van der Waals surface area (Å²) in [5.74, 6) is 0.565. The minimum atomic E-state index is -0.0555. The molecule has 0 bridgehead atoms. The molecule has 9 heteroatoms. The molecular formula is C23H22ClN5O2S. The molecule has 0 aliphatic heterocycles. The van der Waals surface area contributed by atoms with Crippen LogP contribution in [-0.2, 0) is 22.4 Å². The predicted molar refractivity (Wildman–Crippen MR) is 123 cm³/mol. The van der Waals surface area contributed by atoms with E-state index in [9.17, 15) is 4.79 Å². The number of aryl methyl sites for hydroxylation is 1. The van der Waals surface area contributed by atoms with Gasteiger partial charge in [-0.05, 0) is 48.9 Å². The van der Waals surface area contributed by atoms with Gasteiger partial charge < -0.3 is 4.74 Å². The fourth-order valence-electron chi connectivity index (χ4n) is 4.11. The maximum absolute atomic E-state index is 13.0. The summed E-state index contributed by atoms with van der Waals surface area (Å²) in [6, 6.07) is 5.51. The largest absolute Gasteiger partial charge is 0.376 e. The highest BCUT2D eigenvalue weighted by atomic mass is 35.5. The molecule has 7 nitrogen and oxygen atoms in total. The van der Waals surface area contributed by atoms with Gasteiger partial charge in [0.1, 0.15) is 21.8 Å². The van der Waals surface area contributed by atoms with Crippen molar-refractivity contribution in [2.24, 2.45) is 5.92 Å². The van der Waals surface area contributed by atoms with Crippen LogP contribution in [0.3, 0.4) is 0 Å². The van der Waals surface area contributed by atoms with Crippen LogP contribution in [0.5, 0.6) is 0 Å². The van der Waals surface area contributed by atoms with Crippen molar-refractivity contribution >= 4 is 39.1 Å². The number of carbonyl (C=O) groups excluding carboxylic acids is 1. The Kier molecular flexibility index (Phi) is 5.75. The summed E-state index contributed by atoms with van der Waals surface area (Å²) in [4.78, 5) is 24.7. The monoisotopic (exact) mass is 467 g/mol. The summed E-state index contributed by atoms with van der Waals surface area (Å²) >= 11 is 7.98. The minimum Gasteiger partial charge on any atom is -0.376 e. The zero-order valence-corrected chi connectivity index (χ0v) is 19.4. The van der Waals surface area contributed by atoms with Crippen LogP contribution in [0.1, 0.15) is 40.6 Å². The highest BCUT2D eigenvalue weighted by Crippen LogP contribution is 2.46. The van der Waals surface area contributed by atoms with E-state index < -0.39 is 0 Å². The second-order valence-electron chi connectivity index (χ2n) is 8.07. The number of benzene rings is 1. The van der Waals surface area contributed by atoms with Gasteiger partial charge in [0.15, 0.2) is 0 Å². The number of pyridine rings is 1. The number of rotatable bonds is 8. The van der Waals surface area contributed by atoms with Crippen LogP contribution >= 0.6 is 22.9 Å². The summed E-state index contributed by atoms with van der Waals surface area (Å²) in [6.45, 7) is 1.98. The van der Waals surface area contributed by atoms with Gasteiger partial charge in [-0.15, -0.1) is 0 Å². The first-order chi connectivity index (χ1) is 15.5. The lowest BCUT2D eigenvalue weighted by Gasteiger charge is -2.19. The summed E-state index contributed by atoms with van der Waals surface area (Å²) in [5, 5.41) is 9.67. The number of aromatic nitrogens is 5. The molecule has 0 N–H and O–H groups in total. The van der Waals surface area contributed by atoms with Crippen LogP contribution in [0.2, 0.25) is 5.02 Å². The first-order valence-corrected chi connectivity index (χ1v) is 11.7. The second-order valence-corrected chi connectivity index (χ2v) is 9.66. The van der Waals surface area contributed by atoms with Gasteiger partial charge >= 0.3 is 0 Å². The van der Waals surface area contributed by atoms with Crippen LogP contribution in [0.25, 0.3) is 16.0 Å². The summed E-state index contributed by atoms with van der Waals surface area (Å²) < 4.78 is 5.88. The number of methoxy groups -OCH3 is 1. The van der Waals surface area contributed by atoms with Crippen LogP contribution in [0.4, 0.5) is 0 Å². The van der Waals surface area contributed by atoms with Crippen LogP contribution in [0.15, 0.2) is 36.8 Å². The average Bonchev–Trinajstić information content (AvgIpc) is 3.29. The minimum absolute atomic E-state index is 0.0555. The lowest BCUT2D eigenvalue weighted by atomic mass is 9.95. The highest BCUT2D eigenvalue weighted by molar-refractivity contribution is 7.18. The van der Waals surface area contributed by atoms with Crippen molar-refractivity contribution in [2.75, 3.05) is 7.11 Å². The van der Waals surface area contributed by atoms with Crippen molar-refractivity contribution in [2.45, 2.75) is 38.7 Å². The van der Waals surface area contributed by atoms with E-state index in [1.54, 1.807) is 36.9 Å². The third-order valence-electron chi connectivity index (χ3n) is 5.68. The summed E-state index contributed by atoms with van der Waals surface area (Å²) in [7, 11) is 1.73. The number of Topliss-reactive ketones (excluding diaryl/α,β-unsaturated/α-hetero) is 1. The number of fused-ring (bicyclic) bond motifs is 1. The Morgan fingerprint density at radius 2 is 2.06 bits per heavy atom. The standard InChI is InChI=1S/C23H22ClN5O2S/c1-13-28-21-20(22(31-2)15-4-5-15)16(12-25-23(21)32-13)11-17(30)9-14-3-6-19(18(24)10-14)29-26-7-8-27-29/h3,6-8,10,12,15,22H,4-5,9,11H2,1-2H3. The smallest absolute Gasteiger partial charge is 0.143 e. The molecule has 1 aliphatic carbocycles. The molecule has 3 aromatic heterocycles. The SMILES string of the molecule is COC(c1c(CC(=O)Cc2ccc(-n3nccn3)c(Cl)c2)cnc2sc(C)nc12)C1CC1. The number of ketones is 1. The molecule has 1 fully saturated rings. The molecule has 164 valence electrons. The number of carbonyl (C=O) groups is 1. The summed E-state index contributed by atoms with van der Waals surface area (Å²) in [6.07, 6.45) is 7.78. The zero-order valence-electron chi connectivity index (χ0n) is 17.8. The molecule has 32 heavy (non-hydrogen) atoms. The molecule has 4 aromatic rings. The van der Waals surface area contributed by atoms with Gasteiger partial charge in [-0.2, -0.15) is 15.0 Å². The van der Waals surface area contributed by atoms with E-state index in [0.717, 1.165) is 44.9 Å². The predicted octanol–water partition coefficient (Wildman–Crippen LogP) is 4.69. The van der Waals surface area contributed by atoms with E-state index in [1.165, 1.54) is 4.80 Å². The van der Waals surface area contributed by atoms with Crippen LogP contribution < -0.4 is 0 Å². The average molecular weight is 468 g/mol. The van der Waals surface area contributed by atoms with Gasteiger partial charge in [0.05, 0.1) is 28.5 Å². The Balaban J connectivity index is 1.41. The number of hydrogen-bond acceptors (Lipinski definition) is 7. The van der Waals surface area contributed by atoms with E-state index in [2.05, 4.69) is 15.2 Å². The summed E-state index contributed by atoms with van der Waals surface area (Å²) in [5.41, 5.74) is 4.32. The first-order valence-electron chi connectivity index (χ1n) is 10.5. The first kappa shape index (κ1) is 21.2. The second kappa shape index (κ2) is 8.69. The van der Waals surface area contributed by atoms with Gasteiger partial charge in [-0.3, -0.25) is 4.79 Å². The van der Waals surface area contributed by atoms with E-state index in [0.29, 0.717) is 16.6 Å². The van der Waals surface area contributed by atoms with Crippen molar-refractivity contribution < 1.29 is 9.53 Å². The van der Waals surface area contributed by atoms with E-state index in [-0.39, 0.29) is 24.7 Å². The quantitative estimate of drug-likeness (QED) is 0.374. The number of halogens is 1.